The van der Waals surface area contributed by atoms with Crippen molar-refractivity contribution in [2.75, 3.05) is 13.7 Å². The summed E-state index contributed by atoms with van der Waals surface area (Å²) in [6, 6.07) is 17.4. The largest absolute Gasteiger partial charge is 0.497 e. The van der Waals surface area contributed by atoms with Crippen LogP contribution < -0.4 is 10.1 Å². The number of methoxy groups -OCH3 is 1. The van der Waals surface area contributed by atoms with Crippen LogP contribution in [0.25, 0.3) is 11.0 Å². The van der Waals surface area contributed by atoms with Gasteiger partial charge in [0.1, 0.15) is 17.1 Å². The standard InChI is InChI=1S/C19H19NO3/c1-22-16-8-6-14(7-9-16)12-19(21)20-11-10-17-13-15-4-2-3-5-18(15)23-17/h2-9,13H,10-12H2,1H3,(H,20,21). The zero-order valence-electron chi connectivity index (χ0n) is 13.0. The Balaban J connectivity index is 1.48. The number of nitrogens with one attached hydrogen (secondary N) is 1. The van der Waals surface area contributed by atoms with E-state index in [1.807, 2.05) is 54.6 Å². The molecule has 2 aromatic carbocycles. The Morgan fingerprint density at radius 1 is 1.13 bits per heavy atom. The number of hydrogen-bond acceptors (Lipinski definition) is 3. The van der Waals surface area contributed by atoms with E-state index in [4.69, 9.17) is 9.15 Å². The summed E-state index contributed by atoms with van der Waals surface area (Å²) in [6.07, 6.45) is 1.05. The highest BCUT2D eigenvalue weighted by atomic mass is 16.5. The zero-order chi connectivity index (χ0) is 16.1. The Bertz CT molecular complexity index is 757. The number of furan rings is 1. The molecular weight excluding hydrogens is 290 g/mol. The van der Waals surface area contributed by atoms with Gasteiger partial charge < -0.3 is 14.5 Å². The number of ether oxygens (including phenoxy) is 1. The van der Waals surface area contributed by atoms with E-state index in [0.29, 0.717) is 19.4 Å². The summed E-state index contributed by atoms with van der Waals surface area (Å²) in [4.78, 5) is 12.0. The van der Waals surface area contributed by atoms with Gasteiger partial charge >= 0.3 is 0 Å². The molecule has 4 nitrogen and oxygen atoms in total. The number of carbonyl (C=O) groups excluding carboxylic acids is 1. The van der Waals surface area contributed by atoms with Crippen molar-refractivity contribution in [2.24, 2.45) is 0 Å². The van der Waals surface area contributed by atoms with Crippen molar-refractivity contribution in [3.63, 3.8) is 0 Å². The second kappa shape index (κ2) is 7.01. The molecule has 0 unspecified atom stereocenters. The summed E-state index contributed by atoms with van der Waals surface area (Å²) >= 11 is 0. The third-order valence-corrected chi connectivity index (χ3v) is 3.69. The molecule has 3 rings (SSSR count). The maximum atomic E-state index is 12.0. The first-order valence-corrected chi connectivity index (χ1v) is 7.62. The molecule has 0 spiro atoms. The molecular formula is C19H19NO3. The third kappa shape index (κ3) is 3.92. The summed E-state index contributed by atoms with van der Waals surface area (Å²) in [5.74, 6) is 1.68. The average molecular weight is 309 g/mol. The molecule has 1 N–H and O–H groups in total. The first kappa shape index (κ1) is 15.2. The van der Waals surface area contributed by atoms with Crippen LogP contribution in [-0.2, 0) is 17.6 Å². The number of benzene rings is 2. The van der Waals surface area contributed by atoms with Gasteiger partial charge in [0.05, 0.1) is 13.5 Å². The van der Waals surface area contributed by atoms with E-state index >= 15 is 0 Å². The molecule has 0 aliphatic heterocycles. The number of carbonyl (C=O) groups is 1. The summed E-state index contributed by atoms with van der Waals surface area (Å²) in [5, 5.41) is 4.01. The minimum Gasteiger partial charge on any atom is -0.497 e. The number of hydrogen-bond donors (Lipinski definition) is 1. The average Bonchev–Trinajstić information content (AvgIpc) is 2.98. The van der Waals surface area contributed by atoms with Gasteiger partial charge in [0.2, 0.25) is 5.91 Å². The van der Waals surface area contributed by atoms with E-state index < -0.39 is 0 Å². The lowest BCUT2D eigenvalue weighted by atomic mass is 10.1. The van der Waals surface area contributed by atoms with Gasteiger partial charge in [-0.05, 0) is 29.8 Å². The lowest BCUT2D eigenvalue weighted by Gasteiger charge is -2.05. The Morgan fingerprint density at radius 3 is 2.65 bits per heavy atom. The number of amides is 1. The SMILES string of the molecule is COc1ccc(CC(=O)NCCc2cc3ccccc3o2)cc1. The van der Waals surface area contributed by atoms with Gasteiger partial charge in [-0.3, -0.25) is 4.79 Å². The molecule has 0 saturated heterocycles. The van der Waals surface area contributed by atoms with Crippen molar-refractivity contribution >= 4 is 16.9 Å². The Morgan fingerprint density at radius 2 is 1.91 bits per heavy atom. The summed E-state index contributed by atoms with van der Waals surface area (Å²) in [6.45, 7) is 0.564. The van der Waals surface area contributed by atoms with Crippen LogP contribution in [0.2, 0.25) is 0 Å². The highest BCUT2D eigenvalue weighted by molar-refractivity contribution is 5.79. The molecule has 0 aliphatic rings. The molecule has 0 aliphatic carbocycles. The van der Waals surface area contributed by atoms with Gasteiger partial charge in [0.25, 0.3) is 0 Å². The van der Waals surface area contributed by atoms with Gasteiger partial charge in [-0.25, -0.2) is 0 Å². The second-order valence-electron chi connectivity index (χ2n) is 5.38. The van der Waals surface area contributed by atoms with Gasteiger partial charge in [0, 0.05) is 18.4 Å². The summed E-state index contributed by atoms with van der Waals surface area (Å²) in [7, 11) is 1.62. The van der Waals surface area contributed by atoms with Crippen LogP contribution in [0.1, 0.15) is 11.3 Å². The zero-order valence-corrected chi connectivity index (χ0v) is 13.0. The Hall–Kier alpha value is -2.75. The number of para-hydroxylation sites is 1. The summed E-state index contributed by atoms with van der Waals surface area (Å²) < 4.78 is 10.8. The topological polar surface area (TPSA) is 51.5 Å². The van der Waals surface area contributed by atoms with Crippen molar-refractivity contribution in [3.8, 4) is 5.75 Å². The van der Waals surface area contributed by atoms with Gasteiger partial charge in [-0.2, -0.15) is 0 Å². The first-order valence-electron chi connectivity index (χ1n) is 7.62. The molecule has 118 valence electrons. The maximum Gasteiger partial charge on any atom is 0.224 e. The minimum atomic E-state index is 0.00581. The van der Waals surface area contributed by atoms with E-state index in [-0.39, 0.29) is 5.91 Å². The molecule has 1 amide bonds. The van der Waals surface area contributed by atoms with E-state index in [0.717, 1.165) is 28.0 Å². The van der Waals surface area contributed by atoms with Crippen LogP contribution >= 0.6 is 0 Å². The van der Waals surface area contributed by atoms with E-state index in [9.17, 15) is 4.79 Å². The third-order valence-electron chi connectivity index (χ3n) is 3.69. The van der Waals surface area contributed by atoms with E-state index in [2.05, 4.69) is 5.32 Å². The first-order chi connectivity index (χ1) is 11.2. The normalized spacial score (nSPS) is 10.7. The molecule has 4 heteroatoms. The van der Waals surface area contributed by atoms with Crippen molar-refractivity contribution < 1.29 is 13.9 Å². The highest BCUT2D eigenvalue weighted by Gasteiger charge is 2.06. The fourth-order valence-electron chi connectivity index (χ4n) is 2.48. The molecule has 0 radical (unpaired) electrons. The van der Waals surface area contributed by atoms with Crippen molar-refractivity contribution in [2.45, 2.75) is 12.8 Å². The van der Waals surface area contributed by atoms with Crippen molar-refractivity contribution in [1.29, 1.82) is 0 Å². The van der Waals surface area contributed by atoms with Crippen LogP contribution in [0, 0.1) is 0 Å². The molecule has 0 fully saturated rings. The van der Waals surface area contributed by atoms with Crippen molar-refractivity contribution in [1.82, 2.24) is 5.32 Å². The fraction of sp³-hybridized carbons (Fsp3) is 0.211. The molecule has 0 bridgehead atoms. The van der Waals surface area contributed by atoms with E-state index in [1.54, 1.807) is 7.11 Å². The lowest BCUT2D eigenvalue weighted by molar-refractivity contribution is -0.120. The van der Waals surface area contributed by atoms with Gasteiger partial charge in [-0.1, -0.05) is 30.3 Å². The van der Waals surface area contributed by atoms with Crippen LogP contribution in [0.15, 0.2) is 59.0 Å². The lowest BCUT2D eigenvalue weighted by Crippen LogP contribution is -2.27. The van der Waals surface area contributed by atoms with Crippen LogP contribution in [0.4, 0.5) is 0 Å². The van der Waals surface area contributed by atoms with Crippen LogP contribution in [0.5, 0.6) is 5.75 Å². The summed E-state index contributed by atoms with van der Waals surface area (Å²) in [5.41, 5.74) is 1.85. The van der Waals surface area contributed by atoms with Gasteiger partial charge in [-0.15, -0.1) is 0 Å². The van der Waals surface area contributed by atoms with Crippen LogP contribution in [-0.4, -0.2) is 19.6 Å². The van der Waals surface area contributed by atoms with Crippen molar-refractivity contribution in [3.05, 3.63) is 65.9 Å². The molecule has 1 aromatic heterocycles. The predicted molar refractivity (Wildman–Crippen MR) is 89.6 cm³/mol. The monoisotopic (exact) mass is 309 g/mol. The Labute approximate surface area is 135 Å². The number of rotatable bonds is 6. The molecule has 3 aromatic rings. The fourth-order valence-corrected chi connectivity index (χ4v) is 2.48. The maximum absolute atomic E-state index is 12.0. The van der Waals surface area contributed by atoms with Gasteiger partial charge in [0.15, 0.2) is 0 Å². The smallest absolute Gasteiger partial charge is 0.224 e. The molecule has 0 atom stereocenters. The molecule has 23 heavy (non-hydrogen) atoms. The number of fused-ring (bicyclic) bond motifs is 1. The van der Waals surface area contributed by atoms with E-state index in [1.165, 1.54) is 0 Å². The highest BCUT2D eigenvalue weighted by Crippen LogP contribution is 2.18. The predicted octanol–water partition coefficient (Wildman–Crippen LogP) is 3.34. The minimum absolute atomic E-state index is 0.00581. The van der Waals surface area contributed by atoms with Crippen LogP contribution in [0.3, 0.4) is 0 Å². The Kier molecular flexibility index (Phi) is 4.62. The molecule has 0 saturated carbocycles. The molecule has 1 heterocycles. The quantitative estimate of drug-likeness (QED) is 0.760. The second-order valence-corrected chi connectivity index (χ2v) is 5.38.